The molecule has 2 fully saturated rings. The van der Waals surface area contributed by atoms with Crippen LogP contribution >= 0.6 is 0 Å². The van der Waals surface area contributed by atoms with Crippen molar-refractivity contribution in [2.45, 2.75) is 57.3 Å². The Labute approximate surface area is 198 Å². The first kappa shape index (κ1) is 23.6. The van der Waals surface area contributed by atoms with Gasteiger partial charge in [0.1, 0.15) is 18.1 Å². The monoisotopic (exact) mass is 450 g/mol. The minimum Gasteiger partial charge on any atom is -0.497 e. The van der Waals surface area contributed by atoms with Gasteiger partial charge in [0, 0.05) is 18.8 Å². The van der Waals surface area contributed by atoms with E-state index in [1.165, 1.54) is 32.4 Å². The number of carbonyl (C=O) groups excluding carboxylic acids is 1. The number of nitrogens with zero attached hydrogens (tertiary/aromatic N) is 1. The van der Waals surface area contributed by atoms with E-state index in [4.69, 9.17) is 9.47 Å². The summed E-state index contributed by atoms with van der Waals surface area (Å²) in [6, 6.07) is 15.8. The SMILES string of the molecule is COc1ccc(C2(C(=O)Nc3ccc(OCCN4CCC[C@@H](C)C4)cc3)CCCCC2)cc1. The predicted molar refractivity (Wildman–Crippen MR) is 133 cm³/mol. The number of anilines is 1. The van der Waals surface area contributed by atoms with Gasteiger partial charge >= 0.3 is 0 Å². The molecule has 178 valence electrons. The van der Waals surface area contributed by atoms with Crippen molar-refractivity contribution in [1.29, 1.82) is 0 Å². The van der Waals surface area contributed by atoms with E-state index in [-0.39, 0.29) is 5.91 Å². The van der Waals surface area contributed by atoms with E-state index in [1.54, 1.807) is 7.11 Å². The van der Waals surface area contributed by atoms with Crippen molar-refractivity contribution in [1.82, 2.24) is 4.90 Å². The van der Waals surface area contributed by atoms with Gasteiger partial charge in [0.05, 0.1) is 12.5 Å². The Morgan fingerprint density at radius 3 is 2.36 bits per heavy atom. The Bertz CT molecular complexity index is 888. The highest BCUT2D eigenvalue weighted by Crippen LogP contribution is 2.41. The summed E-state index contributed by atoms with van der Waals surface area (Å²) in [4.78, 5) is 16.0. The molecule has 2 aromatic rings. The van der Waals surface area contributed by atoms with Gasteiger partial charge in [0.2, 0.25) is 5.91 Å². The molecule has 0 spiro atoms. The van der Waals surface area contributed by atoms with Crippen LogP contribution in [0.2, 0.25) is 0 Å². The minimum absolute atomic E-state index is 0.0836. The number of nitrogens with one attached hydrogen (secondary N) is 1. The molecule has 1 aliphatic heterocycles. The third kappa shape index (κ3) is 5.89. The number of benzene rings is 2. The second-order valence-electron chi connectivity index (χ2n) is 9.75. The maximum Gasteiger partial charge on any atom is 0.235 e. The van der Waals surface area contributed by atoms with Crippen LogP contribution in [0.15, 0.2) is 48.5 Å². The molecule has 4 rings (SSSR count). The lowest BCUT2D eigenvalue weighted by Gasteiger charge is -2.36. The number of likely N-dealkylation sites (tertiary alicyclic amines) is 1. The van der Waals surface area contributed by atoms with Gasteiger partial charge in [0.25, 0.3) is 0 Å². The summed E-state index contributed by atoms with van der Waals surface area (Å²) in [5, 5.41) is 3.19. The molecule has 5 nitrogen and oxygen atoms in total. The van der Waals surface area contributed by atoms with E-state index in [9.17, 15) is 4.79 Å². The quantitative estimate of drug-likeness (QED) is 0.565. The lowest BCUT2D eigenvalue weighted by molar-refractivity contribution is -0.122. The van der Waals surface area contributed by atoms with Crippen LogP contribution in [0, 0.1) is 5.92 Å². The van der Waals surface area contributed by atoms with Crippen molar-refractivity contribution >= 4 is 11.6 Å². The fourth-order valence-electron chi connectivity index (χ4n) is 5.38. The third-order valence-corrected chi connectivity index (χ3v) is 7.31. The lowest BCUT2D eigenvalue weighted by atomic mass is 9.68. The zero-order chi connectivity index (χ0) is 23.1. The second kappa shape index (κ2) is 11.1. The number of methoxy groups -OCH3 is 1. The summed E-state index contributed by atoms with van der Waals surface area (Å²) < 4.78 is 11.3. The average Bonchev–Trinajstić information content (AvgIpc) is 2.85. The first-order valence-corrected chi connectivity index (χ1v) is 12.5. The van der Waals surface area contributed by atoms with E-state index in [2.05, 4.69) is 17.1 Å². The third-order valence-electron chi connectivity index (χ3n) is 7.31. The molecule has 1 saturated heterocycles. The number of carbonyl (C=O) groups is 1. The van der Waals surface area contributed by atoms with Crippen LogP contribution in [0.25, 0.3) is 0 Å². The first-order valence-electron chi connectivity index (χ1n) is 12.5. The highest BCUT2D eigenvalue weighted by atomic mass is 16.5. The molecule has 1 heterocycles. The van der Waals surface area contributed by atoms with Gasteiger partial charge < -0.3 is 14.8 Å². The van der Waals surface area contributed by atoms with Crippen molar-refractivity contribution < 1.29 is 14.3 Å². The molecule has 1 atom stereocenters. The Kier molecular flexibility index (Phi) is 7.92. The van der Waals surface area contributed by atoms with Gasteiger partial charge in [-0.05, 0) is 80.1 Å². The molecular weight excluding hydrogens is 412 g/mol. The summed E-state index contributed by atoms with van der Waals surface area (Å²) in [6.45, 7) is 6.33. The Morgan fingerprint density at radius 2 is 1.70 bits per heavy atom. The van der Waals surface area contributed by atoms with Gasteiger partial charge in [-0.15, -0.1) is 0 Å². The average molecular weight is 451 g/mol. The maximum atomic E-state index is 13.5. The van der Waals surface area contributed by atoms with Crippen molar-refractivity contribution in [2.24, 2.45) is 5.92 Å². The van der Waals surface area contributed by atoms with Gasteiger partial charge in [0.15, 0.2) is 0 Å². The number of hydrogen-bond acceptors (Lipinski definition) is 4. The molecule has 5 heteroatoms. The van der Waals surface area contributed by atoms with E-state index < -0.39 is 5.41 Å². The number of ether oxygens (including phenoxy) is 2. The van der Waals surface area contributed by atoms with E-state index in [1.807, 2.05) is 48.5 Å². The molecule has 0 radical (unpaired) electrons. The largest absolute Gasteiger partial charge is 0.497 e. The van der Waals surface area contributed by atoms with E-state index >= 15 is 0 Å². The topological polar surface area (TPSA) is 50.8 Å². The van der Waals surface area contributed by atoms with Crippen molar-refractivity contribution in [3.8, 4) is 11.5 Å². The molecule has 0 bridgehead atoms. The van der Waals surface area contributed by atoms with Crippen LogP contribution in [0.1, 0.15) is 57.4 Å². The Morgan fingerprint density at radius 1 is 1.00 bits per heavy atom. The Balaban J connectivity index is 1.36. The molecular formula is C28H38N2O3. The summed E-state index contributed by atoms with van der Waals surface area (Å²) in [5.41, 5.74) is 1.41. The highest BCUT2D eigenvalue weighted by Gasteiger charge is 2.41. The summed E-state index contributed by atoms with van der Waals surface area (Å²) in [7, 11) is 1.67. The number of piperidine rings is 1. The predicted octanol–water partition coefficient (Wildman–Crippen LogP) is 5.65. The second-order valence-corrected chi connectivity index (χ2v) is 9.75. The zero-order valence-corrected chi connectivity index (χ0v) is 20.1. The smallest absolute Gasteiger partial charge is 0.235 e. The standard InChI is InChI=1S/C28H38N2O3/c1-22-7-6-18-30(21-22)19-20-33-26-14-10-24(11-15-26)29-27(31)28(16-4-3-5-17-28)23-8-12-25(32-2)13-9-23/h8-15,22H,3-7,16-21H2,1-2H3,(H,29,31)/t22-/m1/s1. The maximum absolute atomic E-state index is 13.5. The molecule has 1 saturated carbocycles. The molecule has 1 N–H and O–H groups in total. The molecule has 1 aliphatic carbocycles. The van der Waals surface area contributed by atoms with Crippen LogP contribution < -0.4 is 14.8 Å². The molecule has 0 aromatic heterocycles. The number of amides is 1. The van der Waals surface area contributed by atoms with Crippen molar-refractivity contribution in [2.75, 3.05) is 38.7 Å². The van der Waals surface area contributed by atoms with Gasteiger partial charge in [-0.2, -0.15) is 0 Å². The summed E-state index contributed by atoms with van der Waals surface area (Å²) >= 11 is 0. The van der Waals surface area contributed by atoms with Crippen molar-refractivity contribution in [3.05, 3.63) is 54.1 Å². The van der Waals surface area contributed by atoms with Gasteiger partial charge in [-0.25, -0.2) is 0 Å². The van der Waals surface area contributed by atoms with Crippen LogP contribution in [-0.4, -0.2) is 44.2 Å². The van der Waals surface area contributed by atoms with Crippen molar-refractivity contribution in [3.63, 3.8) is 0 Å². The Hall–Kier alpha value is -2.53. The van der Waals surface area contributed by atoms with E-state index in [0.717, 1.165) is 60.9 Å². The summed E-state index contributed by atoms with van der Waals surface area (Å²) in [5.74, 6) is 2.53. The zero-order valence-electron chi connectivity index (χ0n) is 20.1. The van der Waals surface area contributed by atoms with Crippen LogP contribution in [0.3, 0.4) is 0 Å². The van der Waals surface area contributed by atoms with Crippen LogP contribution in [-0.2, 0) is 10.2 Å². The lowest BCUT2D eigenvalue weighted by Crippen LogP contribution is -2.42. The summed E-state index contributed by atoms with van der Waals surface area (Å²) in [6.07, 6.45) is 7.71. The molecule has 2 aliphatic rings. The van der Waals surface area contributed by atoms with E-state index in [0.29, 0.717) is 6.61 Å². The molecule has 2 aromatic carbocycles. The van der Waals surface area contributed by atoms with Gasteiger partial charge in [-0.3, -0.25) is 9.69 Å². The minimum atomic E-state index is -0.481. The highest BCUT2D eigenvalue weighted by molar-refractivity contribution is 5.99. The molecule has 33 heavy (non-hydrogen) atoms. The first-order chi connectivity index (χ1) is 16.1. The number of hydrogen-bond donors (Lipinski definition) is 1. The molecule has 1 amide bonds. The number of rotatable bonds is 8. The van der Waals surface area contributed by atoms with Crippen LogP contribution in [0.4, 0.5) is 5.69 Å². The fraction of sp³-hybridized carbons (Fsp3) is 0.536. The van der Waals surface area contributed by atoms with Crippen LogP contribution in [0.5, 0.6) is 11.5 Å². The van der Waals surface area contributed by atoms with Gasteiger partial charge in [-0.1, -0.05) is 38.3 Å². The normalized spacial score (nSPS) is 20.7. The fourth-order valence-corrected chi connectivity index (χ4v) is 5.38. The molecule has 0 unspecified atom stereocenters.